The van der Waals surface area contributed by atoms with Gasteiger partial charge in [0.1, 0.15) is 6.04 Å². The number of benzene rings is 1. The van der Waals surface area contributed by atoms with E-state index in [4.69, 9.17) is 4.74 Å². The van der Waals surface area contributed by atoms with Crippen LogP contribution in [0.25, 0.3) is 0 Å². The lowest BCUT2D eigenvalue weighted by Crippen LogP contribution is -2.49. The summed E-state index contributed by atoms with van der Waals surface area (Å²) < 4.78 is 7.23. The lowest BCUT2D eigenvalue weighted by atomic mass is 10.0. The molecule has 0 aliphatic carbocycles. The van der Waals surface area contributed by atoms with Crippen LogP contribution >= 0.6 is 0 Å². The highest BCUT2D eigenvalue weighted by Gasteiger charge is 2.44. The zero-order valence-corrected chi connectivity index (χ0v) is 18.2. The fourth-order valence-corrected chi connectivity index (χ4v) is 3.93. The van der Waals surface area contributed by atoms with E-state index in [1.807, 2.05) is 18.4 Å². The summed E-state index contributed by atoms with van der Waals surface area (Å²) in [5.74, 6) is -2.58. The molecule has 1 atom stereocenters. The van der Waals surface area contributed by atoms with Crippen molar-refractivity contribution >= 4 is 23.6 Å². The van der Waals surface area contributed by atoms with Gasteiger partial charge in [0.25, 0.3) is 11.8 Å². The minimum absolute atomic E-state index is 0.261. The van der Waals surface area contributed by atoms with Crippen LogP contribution in [-0.2, 0) is 16.1 Å². The number of rotatable bonds is 8. The van der Waals surface area contributed by atoms with Crippen molar-refractivity contribution in [1.29, 1.82) is 0 Å². The second-order valence-electron chi connectivity index (χ2n) is 7.93. The number of hydrogen-bond acceptors (Lipinski definition) is 5. The van der Waals surface area contributed by atoms with Gasteiger partial charge in [0.2, 0.25) is 5.78 Å². The van der Waals surface area contributed by atoms with Gasteiger partial charge in [0.15, 0.2) is 6.61 Å². The van der Waals surface area contributed by atoms with Crippen LogP contribution in [-0.4, -0.2) is 45.7 Å². The number of carbonyl (C=O) groups is 4. The zero-order chi connectivity index (χ0) is 22.9. The fraction of sp³-hybridized carbons (Fsp3) is 0.333. The van der Waals surface area contributed by atoms with Crippen molar-refractivity contribution in [2.45, 2.75) is 40.3 Å². The number of ether oxygens (including phenoxy) is 1. The Balaban J connectivity index is 1.76. The number of Topliss-reactive ketones (excluding diaryl/α,β-unsaturated/α-hetero) is 1. The van der Waals surface area contributed by atoms with Gasteiger partial charge in [-0.25, -0.2) is 4.79 Å². The van der Waals surface area contributed by atoms with Gasteiger partial charge in [-0.05, 0) is 38.0 Å². The van der Waals surface area contributed by atoms with Gasteiger partial charge < -0.3 is 9.30 Å². The third-order valence-corrected chi connectivity index (χ3v) is 5.51. The van der Waals surface area contributed by atoms with Crippen LogP contribution in [0.15, 0.2) is 43.0 Å². The van der Waals surface area contributed by atoms with E-state index < -0.39 is 30.4 Å². The zero-order valence-electron chi connectivity index (χ0n) is 18.2. The fourth-order valence-electron chi connectivity index (χ4n) is 3.93. The van der Waals surface area contributed by atoms with Crippen molar-refractivity contribution in [2.24, 2.45) is 5.92 Å². The maximum absolute atomic E-state index is 12.9. The van der Waals surface area contributed by atoms with E-state index in [1.165, 1.54) is 0 Å². The maximum Gasteiger partial charge on any atom is 0.330 e. The first-order valence-electron chi connectivity index (χ1n) is 10.1. The summed E-state index contributed by atoms with van der Waals surface area (Å²) >= 11 is 0. The smallest absolute Gasteiger partial charge is 0.330 e. The normalized spacial score (nSPS) is 14.0. The van der Waals surface area contributed by atoms with Crippen molar-refractivity contribution in [3.8, 4) is 0 Å². The standard InChI is InChI=1S/C24H26N2O5/c1-6-11-25-15(4)12-19(16(25)5)20(27)13-31-24(30)21(14(2)3)26-22(28)17-9-7-8-10-18(17)23(26)29/h6-10,12,14,21H,1,11,13H2,2-5H3/t21-/m0/s1. The number of hydrogen-bond donors (Lipinski definition) is 0. The summed E-state index contributed by atoms with van der Waals surface area (Å²) in [5.41, 5.74) is 2.65. The maximum atomic E-state index is 12.9. The number of nitrogens with zero attached hydrogens (tertiary/aromatic N) is 2. The molecular weight excluding hydrogens is 396 g/mol. The molecule has 0 fully saturated rings. The van der Waals surface area contributed by atoms with Crippen molar-refractivity contribution in [1.82, 2.24) is 9.47 Å². The van der Waals surface area contributed by atoms with E-state index in [1.54, 1.807) is 50.3 Å². The van der Waals surface area contributed by atoms with Crippen molar-refractivity contribution < 1.29 is 23.9 Å². The SMILES string of the molecule is C=CCn1c(C)cc(C(=O)COC(=O)[C@H](C(C)C)N2C(=O)c3ccccc3C2=O)c1C. The highest BCUT2D eigenvalue weighted by atomic mass is 16.5. The average molecular weight is 422 g/mol. The number of amides is 2. The molecule has 0 saturated heterocycles. The van der Waals surface area contributed by atoms with Crippen LogP contribution in [0, 0.1) is 19.8 Å². The van der Waals surface area contributed by atoms with E-state index in [0.29, 0.717) is 12.1 Å². The monoisotopic (exact) mass is 422 g/mol. The van der Waals surface area contributed by atoms with E-state index in [2.05, 4.69) is 6.58 Å². The van der Waals surface area contributed by atoms with Gasteiger partial charge in [0, 0.05) is 23.5 Å². The Morgan fingerprint density at radius 3 is 2.19 bits per heavy atom. The first-order chi connectivity index (χ1) is 14.7. The van der Waals surface area contributed by atoms with Gasteiger partial charge in [-0.15, -0.1) is 6.58 Å². The molecule has 2 amide bonds. The topological polar surface area (TPSA) is 85.7 Å². The lowest BCUT2D eigenvalue weighted by Gasteiger charge is -2.27. The van der Waals surface area contributed by atoms with Crippen LogP contribution in [0.3, 0.4) is 0 Å². The average Bonchev–Trinajstić information content (AvgIpc) is 3.15. The molecule has 7 heteroatoms. The second kappa shape index (κ2) is 8.71. The Kier molecular flexibility index (Phi) is 6.24. The first-order valence-corrected chi connectivity index (χ1v) is 10.1. The minimum Gasteiger partial charge on any atom is -0.456 e. The molecule has 2 heterocycles. The molecule has 0 unspecified atom stereocenters. The molecule has 1 aliphatic heterocycles. The molecule has 1 aromatic carbocycles. The first kappa shape index (κ1) is 22.2. The number of aryl methyl sites for hydroxylation is 1. The van der Waals surface area contributed by atoms with Crippen LogP contribution < -0.4 is 0 Å². The number of esters is 1. The molecule has 0 spiro atoms. The molecule has 1 aromatic heterocycles. The molecule has 2 aromatic rings. The van der Waals surface area contributed by atoms with Crippen molar-refractivity contribution in [2.75, 3.05) is 6.61 Å². The summed E-state index contributed by atoms with van der Waals surface area (Å²) in [6.07, 6.45) is 1.74. The number of imide groups is 1. The Bertz CT molecular complexity index is 1040. The quantitative estimate of drug-likeness (QED) is 0.282. The molecule has 0 N–H and O–H groups in total. The molecule has 31 heavy (non-hydrogen) atoms. The van der Waals surface area contributed by atoms with E-state index in [0.717, 1.165) is 16.3 Å². The minimum atomic E-state index is -1.12. The molecule has 7 nitrogen and oxygen atoms in total. The number of allylic oxidation sites excluding steroid dienone is 1. The number of aromatic nitrogens is 1. The van der Waals surface area contributed by atoms with Crippen LogP contribution in [0.1, 0.15) is 56.3 Å². The molecule has 3 rings (SSSR count). The molecule has 0 saturated carbocycles. The Morgan fingerprint density at radius 1 is 1.10 bits per heavy atom. The number of carbonyl (C=O) groups excluding carboxylic acids is 4. The van der Waals surface area contributed by atoms with Crippen molar-refractivity contribution in [3.63, 3.8) is 0 Å². The molecule has 162 valence electrons. The van der Waals surface area contributed by atoms with E-state index in [9.17, 15) is 19.2 Å². The summed E-state index contributed by atoms with van der Waals surface area (Å²) in [7, 11) is 0. The Labute approximate surface area is 181 Å². The predicted octanol–water partition coefficient (Wildman–Crippen LogP) is 3.34. The van der Waals surface area contributed by atoms with Gasteiger partial charge in [-0.1, -0.05) is 32.1 Å². The Morgan fingerprint density at radius 2 is 1.68 bits per heavy atom. The van der Waals surface area contributed by atoms with Gasteiger partial charge in [-0.2, -0.15) is 0 Å². The molecular formula is C24H26N2O5. The van der Waals surface area contributed by atoms with Gasteiger partial charge >= 0.3 is 5.97 Å². The largest absolute Gasteiger partial charge is 0.456 e. The highest BCUT2D eigenvalue weighted by molar-refractivity contribution is 6.22. The highest BCUT2D eigenvalue weighted by Crippen LogP contribution is 2.27. The van der Waals surface area contributed by atoms with Gasteiger partial charge in [-0.3, -0.25) is 19.3 Å². The summed E-state index contributed by atoms with van der Waals surface area (Å²) in [6.45, 7) is 11.0. The van der Waals surface area contributed by atoms with Crippen LogP contribution in [0.2, 0.25) is 0 Å². The molecule has 0 bridgehead atoms. The number of ketones is 1. The van der Waals surface area contributed by atoms with Crippen molar-refractivity contribution in [3.05, 3.63) is 71.1 Å². The third kappa shape index (κ3) is 3.95. The molecule has 1 aliphatic rings. The van der Waals surface area contributed by atoms with Crippen LogP contribution in [0.4, 0.5) is 0 Å². The second-order valence-corrected chi connectivity index (χ2v) is 7.93. The molecule has 0 radical (unpaired) electrons. The third-order valence-electron chi connectivity index (χ3n) is 5.51. The lowest BCUT2D eigenvalue weighted by molar-refractivity contribution is -0.148. The van der Waals surface area contributed by atoms with Gasteiger partial charge in [0.05, 0.1) is 11.1 Å². The summed E-state index contributed by atoms with van der Waals surface area (Å²) in [5, 5.41) is 0. The Hall–Kier alpha value is -3.48. The summed E-state index contributed by atoms with van der Waals surface area (Å²) in [4.78, 5) is 52.1. The van der Waals surface area contributed by atoms with E-state index in [-0.39, 0.29) is 22.8 Å². The summed E-state index contributed by atoms with van der Waals surface area (Å²) in [6, 6.07) is 7.07. The van der Waals surface area contributed by atoms with Crippen LogP contribution in [0.5, 0.6) is 0 Å². The number of fused-ring (bicyclic) bond motifs is 1. The van der Waals surface area contributed by atoms with E-state index >= 15 is 0 Å². The predicted molar refractivity (Wildman–Crippen MR) is 115 cm³/mol.